The van der Waals surface area contributed by atoms with Crippen LogP contribution in [0.1, 0.15) is 49.8 Å². The first kappa shape index (κ1) is 18.1. The molecule has 5 nitrogen and oxygen atoms in total. The van der Waals surface area contributed by atoms with Gasteiger partial charge in [-0.1, -0.05) is 31.0 Å². The van der Waals surface area contributed by atoms with E-state index in [0.717, 1.165) is 42.3 Å². The number of H-pyrrole nitrogens is 1. The lowest BCUT2D eigenvalue weighted by atomic mass is 10.1. The maximum absolute atomic E-state index is 6.31. The van der Waals surface area contributed by atoms with Gasteiger partial charge in [0.15, 0.2) is 16.7 Å². The molecule has 0 saturated carbocycles. The van der Waals surface area contributed by atoms with Crippen LogP contribution in [0.5, 0.6) is 11.5 Å². The molecule has 3 rings (SSSR count). The number of benzene rings is 1. The van der Waals surface area contributed by atoms with Gasteiger partial charge in [0.2, 0.25) is 0 Å². The number of aryl methyl sites for hydroxylation is 1. The third-order valence-corrected chi connectivity index (χ3v) is 4.97. The van der Waals surface area contributed by atoms with Crippen LogP contribution in [-0.2, 0) is 13.0 Å². The Hall–Kier alpha value is -1.72. The van der Waals surface area contributed by atoms with E-state index < -0.39 is 0 Å². The zero-order chi connectivity index (χ0) is 17.8. The average Bonchev–Trinajstić information content (AvgIpc) is 2.98. The molecule has 0 spiro atoms. The van der Waals surface area contributed by atoms with Crippen molar-refractivity contribution in [2.75, 3.05) is 20.3 Å². The van der Waals surface area contributed by atoms with Crippen molar-refractivity contribution in [3.63, 3.8) is 0 Å². The van der Waals surface area contributed by atoms with Gasteiger partial charge >= 0.3 is 0 Å². The van der Waals surface area contributed by atoms with Gasteiger partial charge in [-0.3, -0.25) is 4.90 Å². The number of halogens is 1. The number of nitrogens with zero attached hydrogens (tertiary/aromatic N) is 2. The number of aromatic amines is 1. The van der Waals surface area contributed by atoms with Crippen molar-refractivity contribution in [3.8, 4) is 11.5 Å². The Balaban J connectivity index is 1.68. The lowest BCUT2D eigenvalue weighted by Crippen LogP contribution is -2.23. The predicted octanol–water partition coefficient (Wildman–Crippen LogP) is 4.37. The zero-order valence-electron chi connectivity index (χ0n) is 15.1. The fourth-order valence-electron chi connectivity index (χ4n) is 2.97. The largest absolute Gasteiger partial charge is 0.486 e. The number of nitrogens with one attached hydrogen (secondary N) is 1. The second kappa shape index (κ2) is 8.11. The molecule has 0 aliphatic carbocycles. The molecule has 0 amide bonds. The normalized spacial score (nSPS) is 14.8. The highest BCUT2D eigenvalue weighted by Crippen LogP contribution is 2.34. The number of ether oxygens (including phenoxy) is 2. The van der Waals surface area contributed by atoms with Crippen molar-refractivity contribution < 1.29 is 9.47 Å². The summed E-state index contributed by atoms with van der Waals surface area (Å²) in [7, 11) is 2.09. The van der Waals surface area contributed by atoms with E-state index in [1.54, 1.807) is 0 Å². The second-order valence-corrected chi connectivity index (χ2v) is 6.91. The molecular weight excluding hydrogens is 338 g/mol. The van der Waals surface area contributed by atoms with Crippen LogP contribution >= 0.6 is 11.6 Å². The highest BCUT2D eigenvalue weighted by molar-refractivity contribution is 6.30. The smallest absolute Gasteiger partial charge is 0.161 e. The molecule has 1 unspecified atom stereocenters. The van der Waals surface area contributed by atoms with Crippen molar-refractivity contribution >= 4 is 11.6 Å². The first-order chi connectivity index (χ1) is 12.1. The fraction of sp³-hybridized carbons (Fsp3) is 0.526. The summed E-state index contributed by atoms with van der Waals surface area (Å²) in [5.74, 6) is 2.62. The highest BCUT2D eigenvalue weighted by Gasteiger charge is 2.19. The van der Waals surface area contributed by atoms with E-state index in [1.807, 2.05) is 6.07 Å². The maximum Gasteiger partial charge on any atom is 0.161 e. The molecule has 0 radical (unpaired) electrons. The summed E-state index contributed by atoms with van der Waals surface area (Å²) in [6.45, 7) is 6.28. The van der Waals surface area contributed by atoms with Crippen LogP contribution in [0.15, 0.2) is 18.2 Å². The van der Waals surface area contributed by atoms with E-state index in [1.165, 1.54) is 5.56 Å². The molecule has 25 heavy (non-hydrogen) atoms. The van der Waals surface area contributed by atoms with E-state index in [2.05, 4.69) is 47.9 Å². The van der Waals surface area contributed by atoms with Gasteiger partial charge in [-0.05, 0) is 38.1 Å². The zero-order valence-corrected chi connectivity index (χ0v) is 15.9. The Labute approximate surface area is 154 Å². The summed E-state index contributed by atoms with van der Waals surface area (Å²) in [5, 5.41) is 0.576. The van der Waals surface area contributed by atoms with E-state index in [9.17, 15) is 0 Å². The number of fused-ring (bicyclic) bond motifs is 1. The molecule has 0 fully saturated rings. The third kappa shape index (κ3) is 4.28. The number of hydrogen-bond donors (Lipinski definition) is 1. The molecule has 1 aliphatic rings. The van der Waals surface area contributed by atoms with Crippen LogP contribution in [0.4, 0.5) is 0 Å². The summed E-state index contributed by atoms with van der Waals surface area (Å²) >= 11 is 6.31. The van der Waals surface area contributed by atoms with Crippen molar-refractivity contribution in [1.82, 2.24) is 14.9 Å². The van der Waals surface area contributed by atoms with E-state index in [0.29, 0.717) is 24.9 Å². The monoisotopic (exact) mass is 363 g/mol. The molecule has 0 saturated heterocycles. The minimum absolute atomic E-state index is 0.217. The Morgan fingerprint density at radius 3 is 2.80 bits per heavy atom. The van der Waals surface area contributed by atoms with Crippen LogP contribution < -0.4 is 9.47 Å². The summed E-state index contributed by atoms with van der Waals surface area (Å²) < 4.78 is 11.3. The maximum atomic E-state index is 6.31. The van der Waals surface area contributed by atoms with E-state index >= 15 is 0 Å². The molecule has 2 heterocycles. The van der Waals surface area contributed by atoms with Gasteiger partial charge in [0.1, 0.15) is 19.0 Å². The summed E-state index contributed by atoms with van der Waals surface area (Å²) in [4.78, 5) is 10.1. The molecular formula is C19H26ClN3O2. The van der Waals surface area contributed by atoms with Crippen molar-refractivity contribution in [2.45, 2.75) is 45.7 Å². The topological polar surface area (TPSA) is 50.4 Å². The Morgan fingerprint density at radius 1 is 1.28 bits per heavy atom. The van der Waals surface area contributed by atoms with Crippen LogP contribution in [0.2, 0.25) is 5.15 Å². The summed E-state index contributed by atoms with van der Waals surface area (Å²) in [6.07, 6.45) is 3.21. The molecule has 136 valence electrons. The molecule has 1 aromatic heterocycles. The molecule has 0 bridgehead atoms. The van der Waals surface area contributed by atoms with Crippen LogP contribution in [-0.4, -0.2) is 35.1 Å². The fourth-order valence-corrected chi connectivity index (χ4v) is 3.18. The van der Waals surface area contributed by atoms with Crippen molar-refractivity contribution in [1.29, 1.82) is 0 Å². The minimum Gasteiger partial charge on any atom is -0.486 e. The second-order valence-electron chi connectivity index (χ2n) is 6.55. The molecule has 1 atom stereocenters. The summed E-state index contributed by atoms with van der Waals surface area (Å²) in [6, 6.07) is 6.36. The number of hydrogen-bond acceptors (Lipinski definition) is 4. The predicted molar refractivity (Wildman–Crippen MR) is 99.5 cm³/mol. The summed E-state index contributed by atoms with van der Waals surface area (Å²) in [5.41, 5.74) is 2.16. The van der Waals surface area contributed by atoms with Gasteiger partial charge in [0, 0.05) is 19.0 Å². The molecule has 1 aromatic carbocycles. The highest BCUT2D eigenvalue weighted by atomic mass is 35.5. The van der Waals surface area contributed by atoms with Gasteiger partial charge in [-0.25, -0.2) is 4.98 Å². The quantitative estimate of drug-likeness (QED) is 0.793. The van der Waals surface area contributed by atoms with Crippen molar-refractivity contribution in [3.05, 3.63) is 40.4 Å². The molecule has 6 heteroatoms. The molecule has 1 N–H and O–H groups in total. The lowest BCUT2D eigenvalue weighted by molar-refractivity contribution is 0.170. The van der Waals surface area contributed by atoms with Gasteiger partial charge < -0.3 is 14.5 Å². The Bertz CT molecular complexity index is 717. The van der Waals surface area contributed by atoms with Crippen LogP contribution in [0.25, 0.3) is 0 Å². The van der Waals surface area contributed by atoms with Crippen LogP contribution in [0.3, 0.4) is 0 Å². The lowest BCUT2D eigenvalue weighted by Gasteiger charge is -2.26. The number of aromatic nitrogens is 2. The van der Waals surface area contributed by atoms with Gasteiger partial charge in [0.25, 0.3) is 0 Å². The Kier molecular flexibility index (Phi) is 5.86. The van der Waals surface area contributed by atoms with E-state index in [4.69, 9.17) is 21.1 Å². The number of unbranched alkanes of at least 4 members (excludes halogenated alkanes) is 1. The SMILES string of the molecule is CCCCc1nc(Cl)c(CN(C)C(C)c2ccc3c(c2)OCCO3)[nH]1. The molecule has 1 aliphatic heterocycles. The van der Waals surface area contributed by atoms with Crippen LogP contribution in [0, 0.1) is 0 Å². The van der Waals surface area contributed by atoms with Gasteiger partial charge in [-0.2, -0.15) is 0 Å². The van der Waals surface area contributed by atoms with Gasteiger partial charge in [-0.15, -0.1) is 0 Å². The Morgan fingerprint density at radius 2 is 2.04 bits per heavy atom. The first-order valence-electron chi connectivity index (χ1n) is 8.91. The standard InChI is InChI=1S/C19H26ClN3O2/c1-4-5-6-18-21-15(19(20)22-18)12-23(3)13(2)14-7-8-16-17(11-14)25-10-9-24-16/h7-8,11,13H,4-6,9-10,12H2,1-3H3,(H,21,22). The molecule has 2 aromatic rings. The van der Waals surface area contributed by atoms with Crippen molar-refractivity contribution in [2.24, 2.45) is 0 Å². The third-order valence-electron chi connectivity index (χ3n) is 4.66. The number of imidazole rings is 1. The first-order valence-corrected chi connectivity index (χ1v) is 9.29. The number of rotatable bonds is 7. The average molecular weight is 364 g/mol. The van der Waals surface area contributed by atoms with Gasteiger partial charge in [0.05, 0.1) is 5.69 Å². The van der Waals surface area contributed by atoms with E-state index in [-0.39, 0.29) is 6.04 Å². The minimum atomic E-state index is 0.217.